The molecular weight excluding hydrogens is 813 g/mol. The lowest BCUT2D eigenvalue weighted by atomic mass is 10.1. The summed E-state index contributed by atoms with van der Waals surface area (Å²) in [6.45, 7) is 0.568. The predicted molar refractivity (Wildman–Crippen MR) is 221 cm³/mol. The number of pyridine rings is 2. The monoisotopic (exact) mass is 848 g/mol. The molecule has 0 bridgehead atoms. The quantitative estimate of drug-likeness (QED) is 0.140. The predicted octanol–water partition coefficient (Wildman–Crippen LogP) is 2.07. The van der Waals surface area contributed by atoms with Gasteiger partial charge in [-0.1, -0.05) is 84.6 Å². The van der Waals surface area contributed by atoms with Crippen molar-refractivity contribution in [1.29, 1.82) is 0 Å². The van der Waals surface area contributed by atoms with E-state index in [4.69, 9.17) is 26.6 Å². The smallest absolute Gasteiger partial charge is 0.296 e. The van der Waals surface area contributed by atoms with Crippen molar-refractivity contribution >= 4 is 76.3 Å². The van der Waals surface area contributed by atoms with Crippen molar-refractivity contribution in [2.24, 2.45) is 0 Å². The maximum atomic E-state index is 13.9. The van der Waals surface area contributed by atoms with Crippen molar-refractivity contribution in [3.8, 4) is 0 Å². The number of thioether (sulfide) groups is 2. The Labute approximate surface area is 345 Å². The van der Waals surface area contributed by atoms with Gasteiger partial charge in [-0.2, -0.15) is 0 Å². The summed E-state index contributed by atoms with van der Waals surface area (Å²) in [5.74, 6) is -1.35. The van der Waals surface area contributed by atoms with E-state index in [1.54, 1.807) is 48.5 Å². The van der Waals surface area contributed by atoms with Crippen molar-refractivity contribution in [3.63, 3.8) is 0 Å². The van der Waals surface area contributed by atoms with E-state index in [-0.39, 0.29) is 48.9 Å². The van der Waals surface area contributed by atoms with Gasteiger partial charge in [-0.05, 0) is 35.4 Å². The van der Waals surface area contributed by atoms with Crippen LogP contribution in [0.3, 0.4) is 0 Å². The molecule has 2 aromatic heterocycles. The van der Waals surface area contributed by atoms with E-state index in [2.05, 4.69) is 23.3 Å². The molecule has 3 fully saturated rings. The van der Waals surface area contributed by atoms with Gasteiger partial charge in [0.2, 0.25) is 0 Å². The number of aromatic nitrogens is 2. The molecule has 19 heteroatoms. The van der Waals surface area contributed by atoms with E-state index in [0.29, 0.717) is 40.0 Å². The average molecular weight is 849 g/mol. The molecule has 4 amide bonds. The third-order valence-corrected chi connectivity index (χ3v) is 12.4. The fraction of sp³-hybridized carbons (Fsp3) is 0.289. The van der Waals surface area contributed by atoms with Crippen LogP contribution >= 0.6 is 48.4 Å². The maximum absolute atomic E-state index is 13.9. The zero-order chi connectivity index (χ0) is 40.1. The van der Waals surface area contributed by atoms with Crippen LogP contribution < -0.4 is 31.4 Å². The molecule has 3 aliphatic heterocycles. The minimum Gasteiger partial charge on any atom is -0.405 e. The van der Waals surface area contributed by atoms with Crippen LogP contribution in [0, 0.1) is 0 Å². The van der Waals surface area contributed by atoms with Crippen LogP contribution in [0.15, 0.2) is 94.5 Å². The topological polar surface area (TPSA) is 171 Å². The van der Waals surface area contributed by atoms with Crippen LogP contribution in [0.1, 0.15) is 52.8 Å². The van der Waals surface area contributed by atoms with Gasteiger partial charge in [0.25, 0.3) is 34.7 Å². The lowest BCUT2D eigenvalue weighted by Gasteiger charge is -2.23. The van der Waals surface area contributed by atoms with Crippen LogP contribution in [0.4, 0.5) is 0 Å². The van der Waals surface area contributed by atoms with Gasteiger partial charge in [-0.3, -0.25) is 33.7 Å². The van der Waals surface area contributed by atoms with E-state index in [0.717, 1.165) is 9.46 Å². The van der Waals surface area contributed by atoms with Crippen molar-refractivity contribution in [1.82, 2.24) is 29.9 Å². The fourth-order valence-corrected chi connectivity index (χ4v) is 8.88. The molecule has 2 N–H and O–H groups in total. The summed E-state index contributed by atoms with van der Waals surface area (Å²) in [6.07, 6.45) is 0. The second-order valence-electron chi connectivity index (χ2n) is 12.9. The average Bonchev–Trinajstić information content (AvgIpc) is 3.98. The summed E-state index contributed by atoms with van der Waals surface area (Å²) in [5, 5.41) is 5.63. The Bertz CT molecular complexity index is 2310. The standard InChI is InChI=1S/C38H36N6O9S4/c45-31(29-13-11-25(33(47)41-15-17-56-37(41)54)35(49)43(29)52-19-23-7-3-1-4-8-23)39-27-21-51-22-28(27)40-32(46)30-14-12-26(34(48)42-16-18-57-38(42)55)36(50)44(30)53-20-24-9-5-2-6-10-24/h1-14,27-28,37,54H,15-22H2,(H,39,45)(H,40,46)/t27-,28+,37?/m0/s1. The molecule has 0 saturated carbocycles. The summed E-state index contributed by atoms with van der Waals surface area (Å²) in [4.78, 5) is 96.7. The number of benzene rings is 2. The molecule has 0 radical (unpaired) electrons. The molecular formula is C38H36N6O9S4. The highest BCUT2D eigenvalue weighted by molar-refractivity contribution is 8.23. The third-order valence-electron chi connectivity index (χ3n) is 9.26. The van der Waals surface area contributed by atoms with Gasteiger partial charge in [-0.15, -0.1) is 33.9 Å². The number of ether oxygens (including phenoxy) is 1. The SMILES string of the molecule is O=C(N[C@@H]1COC[C@@H]1NC(=O)c1ccc(C(=O)N2CCSC2S)c(=O)n1OCc1ccccc1)c1ccc(C(=O)N2CCSC2=S)c(=O)n1OCc1ccccc1. The first kappa shape index (κ1) is 40.1. The third kappa shape index (κ3) is 8.91. The van der Waals surface area contributed by atoms with Crippen molar-refractivity contribution in [2.45, 2.75) is 30.0 Å². The number of rotatable bonds is 12. The molecule has 3 aliphatic rings. The normalized spacial score (nSPS) is 19.0. The van der Waals surface area contributed by atoms with Gasteiger partial charge < -0.3 is 29.9 Å². The van der Waals surface area contributed by atoms with E-state index in [1.807, 2.05) is 12.1 Å². The molecule has 0 aliphatic carbocycles. The Balaban J connectivity index is 1.12. The second-order valence-corrected chi connectivity index (χ2v) is 16.7. The van der Waals surface area contributed by atoms with E-state index >= 15 is 0 Å². The lowest BCUT2D eigenvalue weighted by Crippen LogP contribution is -2.52. The van der Waals surface area contributed by atoms with Crippen LogP contribution in [0.2, 0.25) is 0 Å². The number of nitrogens with one attached hydrogen (secondary N) is 2. The highest BCUT2D eigenvalue weighted by Crippen LogP contribution is 2.27. The van der Waals surface area contributed by atoms with E-state index in [9.17, 15) is 28.8 Å². The maximum Gasteiger partial charge on any atom is 0.296 e. The van der Waals surface area contributed by atoms with Crippen LogP contribution in [-0.4, -0.2) is 102 Å². The molecule has 1 unspecified atom stereocenters. The van der Waals surface area contributed by atoms with Crippen molar-refractivity contribution in [2.75, 3.05) is 37.8 Å². The number of thiocarbonyl (C=S) groups is 1. The van der Waals surface area contributed by atoms with Gasteiger partial charge in [0.15, 0.2) is 0 Å². The van der Waals surface area contributed by atoms with Gasteiger partial charge in [0.05, 0.1) is 25.3 Å². The fourth-order valence-electron chi connectivity index (χ4n) is 6.24. The summed E-state index contributed by atoms with van der Waals surface area (Å²) in [6, 6.07) is 21.6. The minimum atomic E-state index is -0.848. The number of carbonyl (C=O) groups is 4. The van der Waals surface area contributed by atoms with Gasteiger partial charge in [0, 0.05) is 24.6 Å². The zero-order valence-corrected chi connectivity index (χ0v) is 33.5. The molecule has 3 atom stereocenters. The summed E-state index contributed by atoms with van der Waals surface area (Å²) in [5.41, 5.74) is -1.06. The van der Waals surface area contributed by atoms with Crippen molar-refractivity contribution in [3.05, 3.63) is 139 Å². The summed E-state index contributed by atoms with van der Waals surface area (Å²) >= 11 is 12.5. The molecule has 4 aromatic rings. The summed E-state index contributed by atoms with van der Waals surface area (Å²) in [7, 11) is 0. The molecule has 0 spiro atoms. The molecule has 15 nitrogen and oxygen atoms in total. The van der Waals surface area contributed by atoms with E-state index < -0.39 is 51.5 Å². The zero-order valence-electron chi connectivity index (χ0n) is 30.1. The van der Waals surface area contributed by atoms with Crippen LogP contribution in [-0.2, 0) is 18.0 Å². The van der Waals surface area contributed by atoms with E-state index in [1.165, 1.54) is 57.6 Å². The minimum absolute atomic E-state index is 0.00315. The Morgan fingerprint density at radius 1 is 0.719 bits per heavy atom. The molecule has 7 rings (SSSR count). The molecule has 2 aromatic carbocycles. The Morgan fingerprint density at radius 3 is 1.68 bits per heavy atom. The van der Waals surface area contributed by atoms with Gasteiger partial charge in [0.1, 0.15) is 44.8 Å². The number of hydrogen-bond donors (Lipinski definition) is 3. The van der Waals surface area contributed by atoms with Gasteiger partial charge in [-0.25, -0.2) is 0 Å². The Morgan fingerprint density at radius 2 is 1.23 bits per heavy atom. The first-order chi connectivity index (χ1) is 27.6. The van der Waals surface area contributed by atoms with Crippen LogP contribution in [0.25, 0.3) is 0 Å². The number of thiol groups is 1. The number of nitrogens with zero attached hydrogens (tertiary/aromatic N) is 4. The highest BCUT2D eigenvalue weighted by Gasteiger charge is 2.35. The highest BCUT2D eigenvalue weighted by atomic mass is 32.2. The van der Waals surface area contributed by atoms with Gasteiger partial charge >= 0.3 is 0 Å². The first-order valence-electron chi connectivity index (χ1n) is 17.8. The Kier molecular flexibility index (Phi) is 12.7. The summed E-state index contributed by atoms with van der Waals surface area (Å²) < 4.78 is 7.16. The molecule has 57 heavy (non-hydrogen) atoms. The van der Waals surface area contributed by atoms with Crippen molar-refractivity contribution < 1.29 is 33.6 Å². The first-order valence-corrected chi connectivity index (χ1v) is 20.7. The van der Waals surface area contributed by atoms with Crippen LogP contribution in [0.5, 0.6) is 0 Å². The second kappa shape index (κ2) is 18.0. The Hall–Kier alpha value is -5.08. The number of hydrogen-bond acceptors (Lipinski definition) is 13. The molecule has 3 saturated heterocycles. The number of amides is 4. The molecule has 296 valence electrons. The largest absolute Gasteiger partial charge is 0.405 e. The molecule has 5 heterocycles. The lowest BCUT2D eigenvalue weighted by molar-refractivity contribution is 0.0657. The number of carbonyl (C=O) groups excluding carboxylic acids is 4.